The summed E-state index contributed by atoms with van der Waals surface area (Å²) >= 11 is 0. The van der Waals surface area contributed by atoms with Crippen molar-refractivity contribution in [1.29, 1.82) is 0 Å². The van der Waals surface area contributed by atoms with Crippen LogP contribution in [0, 0.1) is 5.82 Å². The molecule has 0 saturated carbocycles. The van der Waals surface area contributed by atoms with E-state index in [9.17, 15) is 4.39 Å². The monoisotopic (exact) mass is 226 g/mol. The third-order valence-corrected chi connectivity index (χ3v) is 2.47. The number of halogens is 1. The van der Waals surface area contributed by atoms with Gasteiger partial charge in [-0.1, -0.05) is 6.07 Å². The van der Waals surface area contributed by atoms with Gasteiger partial charge in [-0.15, -0.1) is 0 Å². The van der Waals surface area contributed by atoms with Gasteiger partial charge in [0.05, 0.1) is 7.11 Å². The predicted octanol–water partition coefficient (Wildman–Crippen LogP) is 1.66. The number of methoxy groups -OCH3 is 1. The lowest BCUT2D eigenvalue weighted by Crippen LogP contribution is -2.27. The molecule has 90 valence electrons. The van der Waals surface area contributed by atoms with Crippen LogP contribution in [-0.2, 0) is 6.54 Å². The summed E-state index contributed by atoms with van der Waals surface area (Å²) in [5, 5.41) is 3.28. The highest BCUT2D eigenvalue weighted by atomic mass is 19.1. The first-order valence-electron chi connectivity index (χ1n) is 5.43. The molecule has 3 nitrogen and oxygen atoms in total. The Balaban J connectivity index is 2.51. The Kier molecular flexibility index (Phi) is 5.22. The topological polar surface area (TPSA) is 47.3 Å². The summed E-state index contributed by atoms with van der Waals surface area (Å²) in [6.07, 6.45) is 0.915. The van der Waals surface area contributed by atoms with E-state index in [-0.39, 0.29) is 11.6 Å². The molecule has 1 rings (SSSR count). The summed E-state index contributed by atoms with van der Waals surface area (Å²) in [6.45, 7) is 3.36. The van der Waals surface area contributed by atoms with Crippen LogP contribution >= 0.6 is 0 Å². The van der Waals surface area contributed by atoms with E-state index in [0.717, 1.165) is 12.0 Å². The molecule has 16 heavy (non-hydrogen) atoms. The van der Waals surface area contributed by atoms with Crippen LogP contribution in [0.5, 0.6) is 5.75 Å². The van der Waals surface area contributed by atoms with Gasteiger partial charge in [-0.05, 0) is 37.6 Å². The molecule has 1 unspecified atom stereocenters. The van der Waals surface area contributed by atoms with Crippen LogP contribution in [0.4, 0.5) is 4.39 Å². The summed E-state index contributed by atoms with van der Waals surface area (Å²) in [7, 11) is 1.46. The maximum absolute atomic E-state index is 13.4. The predicted molar refractivity (Wildman–Crippen MR) is 62.9 cm³/mol. The Morgan fingerprint density at radius 2 is 2.25 bits per heavy atom. The molecule has 0 amide bonds. The highest BCUT2D eigenvalue weighted by Gasteiger charge is 2.04. The first-order valence-corrected chi connectivity index (χ1v) is 5.43. The number of benzene rings is 1. The first kappa shape index (κ1) is 12.9. The average molecular weight is 226 g/mol. The zero-order chi connectivity index (χ0) is 12.0. The molecule has 1 atom stereocenters. The van der Waals surface area contributed by atoms with Gasteiger partial charge in [-0.25, -0.2) is 4.39 Å². The Labute approximate surface area is 95.8 Å². The molecule has 0 heterocycles. The SMILES string of the molecule is COc1ccc(CNC(C)CCN)cc1F. The maximum atomic E-state index is 13.4. The molecule has 1 aromatic rings. The largest absolute Gasteiger partial charge is 0.494 e. The van der Waals surface area contributed by atoms with Crippen molar-refractivity contribution < 1.29 is 9.13 Å². The highest BCUT2D eigenvalue weighted by molar-refractivity contribution is 5.29. The summed E-state index contributed by atoms with van der Waals surface area (Å²) in [5.74, 6) is -0.0490. The fourth-order valence-electron chi connectivity index (χ4n) is 1.46. The number of hydrogen-bond donors (Lipinski definition) is 2. The van der Waals surface area contributed by atoms with Gasteiger partial charge in [0.25, 0.3) is 0 Å². The van der Waals surface area contributed by atoms with E-state index in [1.165, 1.54) is 13.2 Å². The van der Waals surface area contributed by atoms with E-state index < -0.39 is 0 Å². The Morgan fingerprint density at radius 1 is 1.50 bits per heavy atom. The van der Waals surface area contributed by atoms with Crippen molar-refractivity contribution >= 4 is 0 Å². The van der Waals surface area contributed by atoms with Crippen molar-refractivity contribution in [3.63, 3.8) is 0 Å². The van der Waals surface area contributed by atoms with Crippen molar-refractivity contribution in [1.82, 2.24) is 5.32 Å². The minimum absolute atomic E-state index is 0.277. The molecule has 0 aliphatic rings. The third-order valence-electron chi connectivity index (χ3n) is 2.47. The lowest BCUT2D eigenvalue weighted by molar-refractivity contribution is 0.386. The minimum atomic E-state index is -0.326. The van der Waals surface area contributed by atoms with Gasteiger partial charge in [0, 0.05) is 12.6 Å². The number of nitrogens with two attached hydrogens (primary N) is 1. The van der Waals surface area contributed by atoms with Crippen LogP contribution in [0.15, 0.2) is 18.2 Å². The zero-order valence-electron chi connectivity index (χ0n) is 9.79. The zero-order valence-corrected chi connectivity index (χ0v) is 9.79. The van der Waals surface area contributed by atoms with Crippen LogP contribution in [0.25, 0.3) is 0 Å². The van der Waals surface area contributed by atoms with Crippen molar-refractivity contribution in [2.75, 3.05) is 13.7 Å². The molecule has 3 N–H and O–H groups in total. The van der Waals surface area contributed by atoms with Crippen LogP contribution in [0.3, 0.4) is 0 Å². The molecule has 0 bridgehead atoms. The minimum Gasteiger partial charge on any atom is -0.494 e. The van der Waals surface area contributed by atoms with Crippen LogP contribution < -0.4 is 15.8 Å². The van der Waals surface area contributed by atoms with E-state index in [4.69, 9.17) is 10.5 Å². The first-order chi connectivity index (χ1) is 7.67. The number of nitrogens with one attached hydrogen (secondary N) is 1. The number of rotatable bonds is 6. The van der Waals surface area contributed by atoms with E-state index in [1.54, 1.807) is 6.07 Å². The molecular formula is C12H19FN2O. The molecule has 0 spiro atoms. The van der Waals surface area contributed by atoms with Crippen LogP contribution in [0.2, 0.25) is 0 Å². The second-order valence-electron chi connectivity index (χ2n) is 3.83. The van der Waals surface area contributed by atoms with Crippen molar-refractivity contribution in [3.05, 3.63) is 29.6 Å². The maximum Gasteiger partial charge on any atom is 0.165 e. The molecule has 0 radical (unpaired) electrons. The smallest absolute Gasteiger partial charge is 0.165 e. The van der Waals surface area contributed by atoms with Crippen LogP contribution in [0.1, 0.15) is 18.9 Å². The van der Waals surface area contributed by atoms with E-state index in [0.29, 0.717) is 19.1 Å². The third kappa shape index (κ3) is 3.79. The van der Waals surface area contributed by atoms with Gasteiger partial charge >= 0.3 is 0 Å². The van der Waals surface area contributed by atoms with Gasteiger partial charge in [0.1, 0.15) is 0 Å². The Hall–Kier alpha value is -1.13. The lowest BCUT2D eigenvalue weighted by Gasteiger charge is -2.13. The van der Waals surface area contributed by atoms with Gasteiger partial charge in [0.15, 0.2) is 11.6 Å². The number of ether oxygens (including phenoxy) is 1. The van der Waals surface area contributed by atoms with E-state index in [2.05, 4.69) is 12.2 Å². The van der Waals surface area contributed by atoms with Crippen molar-refractivity contribution in [2.24, 2.45) is 5.73 Å². The van der Waals surface area contributed by atoms with Gasteiger partial charge < -0.3 is 15.8 Å². The van der Waals surface area contributed by atoms with Crippen LogP contribution in [-0.4, -0.2) is 19.7 Å². The summed E-state index contributed by atoms with van der Waals surface area (Å²) in [4.78, 5) is 0. The molecule has 4 heteroatoms. The molecule has 0 aliphatic carbocycles. The summed E-state index contributed by atoms with van der Waals surface area (Å²) < 4.78 is 18.2. The molecule has 0 aliphatic heterocycles. The molecule has 0 saturated heterocycles. The molecule has 0 aromatic heterocycles. The normalized spacial score (nSPS) is 12.5. The molecular weight excluding hydrogens is 207 g/mol. The molecule has 0 fully saturated rings. The second kappa shape index (κ2) is 6.45. The van der Waals surface area contributed by atoms with E-state index >= 15 is 0 Å². The van der Waals surface area contributed by atoms with Gasteiger partial charge in [0.2, 0.25) is 0 Å². The fraction of sp³-hybridized carbons (Fsp3) is 0.500. The van der Waals surface area contributed by atoms with Crippen molar-refractivity contribution in [2.45, 2.75) is 25.9 Å². The standard InChI is InChI=1S/C12H19FN2O/c1-9(5-6-14)15-8-10-3-4-12(16-2)11(13)7-10/h3-4,7,9,15H,5-6,8,14H2,1-2H3. The van der Waals surface area contributed by atoms with Gasteiger partial charge in [-0.3, -0.25) is 0 Å². The van der Waals surface area contributed by atoms with E-state index in [1.807, 2.05) is 6.07 Å². The Morgan fingerprint density at radius 3 is 2.81 bits per heavy atom. The summed E-state index contributed by atoms with van der Waals surface area (Å²) in [6, 6.07) is 5.32. The Bertz CT molecular complexity index is 331. The van der Waals surface area contributed by atoms with Crippen molar-refractivity contribution in [3.8, 4) is 5.75 Å². The second-order valence-corrected chi connectivity index (χ2v) is 3.83. The fourth-order valence-corrected chi connectivity index (χ4v) is 1.46. The summed E-state index contributed by atoms with van der Waals surface area (Å²) in [5.41, 5.74) is 6.35. The quantitative estimate of drug-likeness (QED) is 0.775. The lowest BCUT2D eigenvalue weighted by atomic mass is 10.2. The van der Waals surface area contributed by atoms with Gasteiger partial charge in [-0.2, -0.15) is 0 Å². The average Bonchev–Trinajstić information content (AvgIpc) is 2.27. The molecule has 1 aromatic carbocycles. The number of hydrogen-bond acceptors (Lipinski definition) is 3. The highest BCUT2D eigenvalue weighted by Crippen LogP contribution is 2.17.